The summed E-state index contributed by atoms with van der Waals surface area (Å²) >= 11 is 0. The van der Waals surface area contributed by atoms with E-state index in [0.29, 0.717) is 0 Å². The molecule has 12 unspecified atom stereocenters. The molecule has 0 saturated heterocycles. The van der Waals surface area contributed by atoms with Crippen LogP contribution in [0.25, 0.3) is 0 Å². The summed E-state index contributed by atoms with van der Waals surface area (Å²) < 4.78 is 0. The van der Waals surface area contributed by atoms with Gasteiger partial charge in [-0.25, -0.2) is 0 Å². The number of allylic oxidation sites excluding steroid dienone is 4. The first-order valence-electron chi connectivity index (χ1n) is 40.2. The third-order valence-corrected chi connectivity index (χ3v) is 31.3. The van der Waals surface area contributed by atoms with Gasteiger partial charge in [0.15, 0.2) is 0 Å². The molecule has 14 saturated carbocycles. The zero-order valence-electron chi connectivity index (χ0n) is 55.9. The molecule has 12 atom stereocenters. The van der Waals surface area contributed by atoms with Crippen LogP contribution in [0, 0.1) is 130 Å². The van der Waals surface area contributed by atoms with E-state index in [4.69, 9.17) is 0 Å². The molecule has 0 radical (unpaired) electrons. The highest BCUT2D eigenvalue weighted by Gasteiger charge is 2.63. The number of nitrogens with zero attached hydrogens (tertiary/aromatic N) is 2. The minimum atomic E-state index is 0.855. The van der Waals surface area contributed by atoms with Crippen molar-refractivity contribution in [3.8, 4) is 0 Å². The molecule has 14 aliphatic rings. The molecule has 14 fully saturated rings. The molecule has 2 nitrogen and oxygen atoms in total. The Morgan fingerprint density at radius 2 is 0.452 bits per heavy atom. The topological polar surface area (TPSA) is 6.48 Å². The predicted molar refractivity (Wildman–Crippen MR) is 357 cm³/mol. The molecule has 0 N–H and O–H groups in total. The average molecular weight is 1150 g/mol. The van der Waals surface area contributed by atoms with E-state index >= 15 is 0 Å². The molecule has 14 aliphatic carbocycles. The molecule has 0 amide bonds. The van der Waals surface area contributed by atoms with E-state index in [0.717, 1.165) is 166 Å². The van der Waals surface area contributed by atoms with Crippen molar-refractivity contribution < 1.29 is 0 Å². The van der Waals surface area contributed by atoms with Gasteiger partial charge in [0.25, 0.3) is 0 Å². The zero-order valence-corrected chi connectivity index (χ0v) is 55.9. The largest absolute Gasteiger partial charge is 0.294 e. The lowest BCUT2D eigenvalue weighted by Gasteiger charge is -2.67. The van der Waals surface area contributed by atoms with E-state index in [1.165, 1.54) is 154 Å². The molecular weight excluding hydrogens is 1010 g/mol. The Balaban J connectivity index is 0.727. The average Bonchev–Trinajstić information content (AvgIpc) is 1.02. The molecule has 84 heavy (non-hydrogen) atoms. The fraction of sp³-hybridized carbons (Fsp3) is 0.951. The molecule has 14 rings (SSSR count). The summed E-state index contributed by atoms with van der Waals surface area (Å²) in [6.45, 7) is 10.2. The third-order valence-electron chi connectivity index (χ3n) is 31.3. The van der Waals surface area contributed by atoms with Gasteiger partial charge in [-0.2, -0.15) is 0 Å². The van der Waals surface area contributed by atoms with Gasteiger partial charge in [0.05, 0.1) is 0 Å². The Morgan fingerprint density at radius 1 is 0.202 bits per heavy atom. The summed E-state index contributed by atoms with van der Waals surface area (Å²) in [5, 5.41) is 0. The van der Waals surface area contributed by atoms with Crippen molar-refractivity contribution in [2.45, 2.75) is 359 Å². The zero-order chi connectivity index (χ0) is 56.7. The maximum absolute atomic E-state index is 3.56. The molecule has 0 spiro atoms. The number of rotatable bonds is 12. The van der Waals surface area contributed by atoms with Crippen molar-refractivity contribution in [3.63, 3.8) is 0 Å². The lowest BCUT2D eigenvalue weighted by molar-refractivity contribution is -0.186. The first kappa shape index (κ1) is 60.9. The minimum absolute atomic E-state index is 0.855. The van der Waals surface area contributed by atoms with Crippen LogP contribution in [0.4, 0.5) is 0 Å². The lowest BCUT2D eigenvalue weighted by Crippen LogP contribution is -2.66. The monoisotopic (exact) mass is 1150 g/mol. The summed E-state index contributed by atoms with van der Waals surface area (Å²) in [5.41, 5.74) is 0. The van der Waals surface area contributed by atoms with Crippen molar-refractivity contribution in [1.29, 1.82) is 0 Å². The quantitative estimate of drug-likeness (QED) is 0.180. The van der Waals surface area contributed by atoms with Gasteiger partial charge in [-0.3, -0.25) is 9.80 Å². The van der Waals surface area contributed by atoms with E-state index in [1.54, 1.807) is 141 Å². The van der Waals surface area contributed by atoms with Gasteiger partial charge >= 0.3 is 0 Å². The number of fused-ring (bicyclic) bond motifs is 5. The Labute approximate surface area is 520 Å². The van der Waals surface area contributed by atoms with Crippen molar-refractivity contribution in [3.05, 3.63) is 24.3 Å². The van der Waals surface area contributed by atoms with Crippen LogP contribution in [0.1, 0.15) is 323 Å². The molecule has 0 aromatic carbocycles. The van der Waals surface area contributed by atoms with Crippen LogP contribution in [0.15, 0.2) is 24.3 Å². The Kier molecular flexibility index (Phi) is 20.4. The van der Waals surface area contributed by atoms with Gasteiger partial charge in [0.2, 0.25) is 0 Å². The SMILES string of the molecule is CC1CCC(/C=C/C2CCC(N(C3CCC(C)CC3)C3CCC(C4C5CCCCC5C(C5C6CCCCC6C(N(C6CCC(C)CC6)C6CCC(/C=C/C7CCC(C)CC7)CC6)C6CCCCC65)C5CCCCC54)C4CCCCC43)CC2)CC1. The Hall–Kier alpha value is -0.600. The van der Waals surface area contributed by atoms with Crippen LogP contribution in [0.5, 0.6) is 0 Å². The molecule has 0 aliphatic heterocycles. The van der Waals surface area contributed by atoms with Gasteiger partial charge in [-0.1, -0.05) is 142 Å². The van der Waals surface area contributed by atoms with Crippen molar-refractivity contribution in [2.75, 3.05) is 0 Å². The molecule has 0 aromatic heterocycles. The fourth-order valence-electron chi connectivity index (χ4n) is 27.3. The fourth-order valence-corrected chi connectivity index (χ4v) is 27.3. The highest BCUT2D eigenvalue weighted by molar-refractivity contribution is 5.14. The maximum Gasteiger partial charge on any atom is 0.0163 e. The third kappa shape index (κ3) is 13.0. The molecular formula is C82H136N2. The summed E-state index contributed by atoms with van der Waals surface area (Å²) in [6.07, 6.45) is 81.9. The van der Waals surface area contributed by atoms with Gasteiger partial charge < -0.3 is 0 Å². The maximum atomic E-state index is 3.56. The van der Waals surface area contributed by atoms with Gasteiger partial charge in [0, 0.05) is 36.3 Å². The van der Waals surface area contributed by atoms with Crippen molar-refractivity contribution in [1.82, 2.24) is 9.80 Å². The molecule has 2 heteroatoms. The Morgan fingerprint density at radius 3 is 0.821 bits per heavy atom. The van der Waals surface area contributed by atoms with E-state index in [2.05, 4.69) is 61.8 Å². The van der Waals surface area contributed by atoms with Gasteiger partial charge in [0.1, 0.15) is 0 Å². The van der Waals surface area contributed by atoms with E-state index in [9.17, 15) is 0 Å². The van der Waals surface area contributed by atoms with Crippen LogP contribution >= 0.6 is 0 Å². The minimum Gasteiger partial charge on any atom is -0.294 e. The van der Waals surface area contributed by atoms with E-state index in [-0.39, 0.29) is 0 Å². The van der Waals surface area contributed by atoms with E-state index < -0.39 is 0 Å². The predicted octanol–water partition coefficient (Wildman–Crippen LogP) is 22.7. The first-order chi connectivity index (χ1) is 41.3. The summed E-state index contributed by atoms with van der Waals surface area (Å²) in [7, 11) is 0. The second-order valence-corrected chi connectivity index (χ2v) is 35.8. The molecule has 0 heterocycles. The first-order valence-corrected chi connectivity index (χ1v) is 40.2. The normalized spacial score (nSPS) is 50.7. The molecule has 474 valence electrons. The smallest absolute Gasteiger partial charge is 0.0163 e. The second-order valence-electron chi connectivity index (χ2n) is 35.8. The van der Waals surface area contributed by atoms with Crippen molar-refractivity contribution in [2.24, 2.45) is 130 Å². The summed E-state index contributed by atoms with van der Waals surface area (Å²) in [6, 6.07) is 5.30. The summed E-state index contributed by atoms with van der Waals surface area (Å²) in [4.78, 5) is 7.03. The van der Waals surface area contributed by atoms with E-state index in [1.807, 2.05) is 0 Å². The van der Waals surface area contributed by atoms with Crippen LogP contribution in [-0.4, -0.2) is 46.1 Å². The van der Waals surface area contributed by atoms with Crippen LogP contribution in [0.2, 0.25) is 0 Å². The standard InChI is InChI=1S/C82H136N2/c1-55-25-33-59(34-26-55)37-39-61-41-49-64(50-42-61)83(63-45-29-57(3)30-46-63)78-54-53-75(67-15-5-6-16-68(67)78)79-69-17-7-9-19-71(69)80(72-20-10-8-18-70(72)79)81-73-21-11-13-23-76(73)82(77-24-14-12-22-74(77)81)84(65-47-31-58(4)32-48-65)66-51-43-62(44-52-66)40-38-60-35-27-56(2)28-36-60/h37-40,55-82H,5-36,41-54H2,1-4H3/b39-37+,40-38+. The lowest BCUT2D eigenvalue weighted by atomic mass is 9.40. The molecule has 0 aromatic rings. The van der Waals surface area contributed by atoms with Gasteiger partial charge in [-0.05, 0) is 336 Å². The van der Waals surface area contributed by atoms with Crippen molar-refractivity contribution >= 4 is 0 Å². The van der Waals surface area contributed by atoms with Gasteiger partial charge in [-0.15, -0.1) is 0 Å². The summed E-state index contributed by atoms with van der Waals surface area (Å²) in [5.74, 6) is 21.9. The number of hydrogen-bond acceptors (Lipinski definition) is 2. The second kappa shape index (κ2) is 28.1. The van der Waals surface area contributed by atoms with Crippen LogP contribution in [0.3, 0.4) is 0 Å². The Bertz CT molecular complexity index is 2010. The van der Waals surface area contributed by atoms with Crippen LogP contribution < -0.4 is 0 Å². The highest BCUT2D eigenvalue weighted by Crippen LogP contribution is 2.68. The van der Waals surface area contributed by atoms with Crippen LogP contribution in [-0.2, 0) is 0 Å². The number of hydrogen-bond donors (Lipinski definition) is 0. The molecule has 0 bridgehead atoms. The highest BCUT2D eigenvalue weighted by atomic mass is 15.2.